The number of alkyl halides is 3. The molecule has 0 saturated carbocycles. The van der Waals surface area contributed by atoms with Gasteiger partial charge in [0.15, 0.2) is 0 Å². The summed E-state index contributed by atoms with van der Waals surface area (Å²) in [5, 5.41) is 0. The first kappa shape index (κ1) is 15.7. The minimum absolute atomic E-state index is 0.294. The van der Waals surface area contributed by atoms with Crippen LogP contribution < -0.4 is 5.73 Å². The van der Waals surface area contributed by atoms with Crippen LogP contribution in [0.4, 0.5) is 13.2 Å². The second kappa shape index (κ2) is 6.73. The molecule has 0 bridgehead atoms. The third-order valence-corrected chi connectivity index (χ3v) is 3.82. The van der Waals surface area contributed by atoms with Gasteiger partial charge in [0, 0.05) is 38.8 Å². The molecule has 1 saturated heterocycles. The normalized spacial score (nSPS) is 23.0. The maximum atomic E-state index is 12.3. The Balaban J connectivity index is 2.42. The van der Waals surface area contributed by atoms with E-state index in [9.17, 15) is 13.2 Å². The third kappa shape index (κ3) is 4.74. The van der Waals surface area contributed by atoms with Gasteiger partial charge in [0.05, 0.1) is 6.54 Å². The van der Waals surface area contributed by atoms with Crippen molar-refractivity contribution in [2.24, 2.45) is 11.7 Å². The molecule has 6 heteroatoms. The summed E-state index contributed by atoms with van der Waals surface area (Å²) in [6.07, 6.45) is -3.04. The Bertz CT molecular complexity index is 237. The predicted octanol–water partition coefficient (Wildman–Crippen LogP) is 1.54. The summed E-state index contributed by atoms with van der Waals surface area (Å²) in [6, 6.07) is 0.294. The van der Waals surface area contributed by atoms with Crippen LogP contribution in [0.5, 0.6) is 0 Å². The highest BCUT2D eigenvalue weighted by Crippen LogP contribution is 2.20. The number of rotatable bonds is 5. The van der Waals surface area contributed by atoms with Crippen LogP contribution in [0.3, 0.4) is 0 Å². The zero-order valence-electron chi connectivity index (χ0n) is 11.2. The SMILES string of the molecule is CCC(C)C(CN)N1CCN(CC(F)(F)F)CC1. The van der Waals surface area contributed by atoms with Crippen molar-refractivity contribution in [1.29, 1.82) is 0 Å². The van der Waals surface area contributed by atoms with Crippen molar-refractivity contribution in [2.45, 2.75) is 32.5 Å². The van der Waals surface area contributed by atoms with Crippen molar-refractivity contribution in [3.63, 3.8) is 0 Å². The first-order chi connectivity index (χ1) is 8.37. The summed E-state index contributed by atoms with van der Waals surface area (Å²) in [7, 11) is 0. The van der Waals surface area contributed by atoms with E-state index in [0.29, 0.717) is 44.7 Å². The highest BCUT2D eigenvalue weighted by molar-refractivity contribution is 4.82. The number of halogens is 3. The van der Waals surface area contributed by atoms with Gasteiger partial charge in [-0.25, -0.2) is 0 Å². The van der Waals surface area contributed by atoms with Crippen molar-refractivity contribution >= 4 is 0 Å². The first-order valence-electron chi connectivity index (χ1n) is 6.60. The molecular weight excluding hydrogens is 243 g/mol. The zero-order chi connectivity index (χ0) is 13.8. The second-order valence-electron chi connectivity index (χ2n) is 5.12. The Morgan fingerprint density at radius 3 is 2.11 bits per heavy atom. The molecule has 0 radical (unpaired) electrons. The number of nitrogens with zero attached hydrogens (tertiary/aromatic N) is 2. The van der Waals surface area contributed by atoms with Crippen LogP contribution in [0, 0.1) is 5.92 Å². The Morgan fingerprint density at radius 2 is 1.72 bits per heavy atom. The van der Waals surface area contributed by atoms with Crippen LogP contribution in [-0.4, -0.2) is 61.3 Å². The van der Waals surface area contributed by atoms with Crippen molar-refractivity contribution < 1.29 is 13.2 Å². The molecule has 18 heavy (non-hydrogen) atoms. The Hall–Kier alpha value is -0.330. The van der Waals surface area contributed by atoms with Gasteiger partial charge in [0.25, 0.3) is 0 Å². The summed E-state index contributed by atoms with van der Waals surface area (Å²) < 4.78 is 36.8. The summed E-state index contributed by atoms with van der Waals surface area (Å²) in [4.78, 5) is 3.71. The van der Waals surface area contributed by atoms with E-state index in [2.05, 4.69) is 18.7 Å². The van der Waals surface area contributed by atoms with E-state index in [0.717, 1.165) is 6.42 Å². The summed E-state index contributed by atoms with van der Waals surface area (Å²) in [5.74, 6) is 0.490. The molecule has 0 amide bonds. The molecular formula is C12H24F3N3. The maximum absolute atomic E-state index is 12.3. The molecule has 1 aliphatic heterocycles. The summed E-state index contributed by atoms with van der Waals surface area (Å²) >= 11 is 0. The largest absolute Gasteiger partial charge is 0.401 e. The third-order valence-electron chi connectivity index (χ3n) is 3.82. The van der Waals surface area contributed by atoms with Gasteiger partial charge in [-0.2, -0.15) is 13.2 Å². The maximum Gasteiger partial charge on any atom is 0.401 e. The van der Waals surface area contributed by atoms with Crippen LogP contribution in [-0.2, 0) is 0 Å². The molecule has 1 fully saturated rings. The van der Waals surface area contributed by atoms with E-state index in [1.807, 2.05) is 0 Å². The molecule has 1 heterocycles. The van der Waals surface area contributed by atoms with E-state index in [1.54, 1.807) is 0 Å². The van der Waals surface area contributed by atoms with Crippen LogP contribution >= 0.6 is 0 Å². The quantitative estimate of drug-likeness (QED) is 0.820. The summed E-state index contributed by atoms with van der Waals surface area (Å²) in [6.45, 7) is 6.38. The minimum atomic E-state index is -4.09. The fourth-order valence-electron chi connectivity index (χ4n) is 2.52. The Labute approximate surface area is 107 Å². The van der Waals surface area contributed by atoms with Gasteiger partial charge in [-0.1, -0.05) is 20.3 Å². The standard InChI is InChI=1S/C12H24F3N3/c1-3-10(2)11(8-16)18-6-4-17(5-7-18)9-12(13,14)15/h10-11H,3-9,16H2,1-2H3. The van der Waals surface area contributed by atoms with Crippen molar-refractivity contribution in [1.82, 2.24) is 9.80 Å². The molecule has 0 aliphatic carbocycles. The lowest BCUT2D eigenvalue weighted by molar-refractivity contribution is -0.150. The van der Waals surface area contributed by atoms with Crippen LogP contribution in [0.2, 0.25) is 0 Å². The number of nitrogens with two attached hydrogens (primary N) is 1. The molecule has 2 unspecified atom stereocenters. The number of hydrogen-bond donors (Lipinski definition) is 1. The lowest BCUT2D eigenvalue weighted by atomic mass is 9.97. The molecule has 0 aromatic rings. The first-order valence-corrected chi connectivity index (χ1v) is 6.60. The van der Waals surface area contributed by atoms with E-state index in [4.69, 9.17) is 5.73 Å². The van der Waals surface area contributed by atoms with Crippen LogP contribution in [0.15, 0.2) is 0 Å². The van der Waals surface area contributed by atoms with Gasteiger partial charge >= 0.3 is 6.18 Å². The molecule has 1 rings (SSSR count). The van der Waals surface area contributed by atoms with Crippen molar-refractivity contribution in [3.05, 3.63) is 0 Å². The molecule has 108 valence electrons. The monoisotopic (exact) mass is 267 g/mol. The van der Waals surface area contributed by atoms with Gasteiger partial charge in [0.1, 0.15) is 0 Å². The highest BCUT2D eigenvalue weighted by Gasteiger charge is 2.33. The molecule has 0 aromatic carbocycles. The van der Waals surface area contributed by atoms with Gasteiger partial charge in [0.2, 0.25) is 0 Å². The molecule has 0 spiro atoms. The van der Waals surface area contributed by atoms with Crippen molar-refractivity contribution in [2.75, 3.05) is 39.3 Å². The fourth-order valence-corrected chi connectivity index (χ4v) is 2.52. The topological polar surface area (TPSA) is 32.5 Å². The molecule has 3 nitrogen and oxygen atoms in total. The van der Waals surface area contributed by atoms with Gasteiger partial charge < -0.3 is 5.73 Å². The predicted molar refractivity (Wildman–Crippen MR) is 66.4 cm³/mol. The van der Waals surface area contributed by atoms with Gasteiger partial charge in [-0.05, 0) is 5.92 Å². The second-order valence-corrected chi connectivity index (χ2v) is 5.12. The minimum Gasteiger partial charge on any atom is -0.329 e. The molecule has 2 N–H and O–H groups in total. The van der Waals surface area contributed by atoms with Crippen LogP contribution in [0.1, 0.15) is 20.3 Å². The Kier molecular flexibility index (Phi) is 5.88. The van der Waals surface area contributed by atoms with E-state index in [1.165, 1.54) is 4.90 Å². The lowest BCUT2D eigenvalue weighted by Crippen LogP contribution is -2.55. The fraction of sp³-hybridized carbons (Fsp3) is 1.00. The molecule has 0 aromatic heterocycles. The highest BCUT2D eigenvalue weighted by atomic mass is 19.4. The van der Waals surface area contributed by atoms with Crippen molar-refractivity contribution in [3.8, 4) is 0 Å². The Morgan fingerprint density at radius 1 is 1.17 bits per heavy atom. The van der Waals surface area contributed by atoms with Gasteiger partial charge in [-0.15, -0.1) is 0 Å². The number of piperazine rings is 1. The number of hydrogen-bond acceptors (Lipinski definition) is 3. The smallest absolute Gasteiger partial charge is 0.329 e. The molecule has 2 atom stereocenters. The van der Waals surface area contributed by atoms with Gasteiger partial charge in [-0.3, -0.25) is 9.80 Å². The lowest BCUT2D eigenvalue weighted by Gasteiger charge is -2.41. The van der Waals surface area contributed by atoms with E-state index in [-0.39, 0.29) is 0 Å². The average molecular weight is 267 g/mol. The van der Waals surface area contributed by atoms with Crippen LogP contribution in [0.25, 0.3) is 0 Å². The summed E-state index contributed by atoms with van der Waals surface area (Å²) in [5.41, 5.74) is 5.78. The zero-order valence-corrected chi connectivity index (χ0v) is 11.2. The average Bonchev–Trinajstić information content (AvgIpc) is 2.30. The van der Waals surface area contributed by atoms with E-state index >= 15 is 0 Å². The van der Waals surface area contributed by atoms with E-state index < -0.39 is 12.7 Å². The molecule has 1 aliphatic rings.